The number of rotatable bonds is 7. The van der Waals surface area contributed by atoms with Crippen LogP contribution in [0.1, 0.15) is 31.9 Å². The average molecular weight is 250 g/mol. The van der Waals surface area contributed by atoms with Crippen LogP contribution in [0.4, 0.5) is 0 Å². The number of hydrogen-bond acceptors (Lipinski definition) is 3. The molecule has 18 heavy (non-hydrogen) atoms. The monoisotopic (exact) mass is 250 g/mol. The first-order valence-electron chi connectivity index (χ1n) is 6.81. The van der Waals surface area contributed by atoms with Crippen molar-refractivity contribution in [2.75, 3.05) is 19.6 Å². The van der Waals surface area contributed by atoms with Crippen molar-refractivity contribution < 1.29 is 5.11 Å². The van der Waals surface area contributed by atoms with E-state index in [-0.39, 0.29) is 0 Å². The van der Waals surface area contributed by atoms with Crippen molar-refractivity contribution in [1.82, 2.24) is 10.2 Å². The van der Waals surface area contributed by atoms with E-state index in [9.17, 15) is 5.11 Å². The van der Waals surface area contributed by atoms with E-state index in [4.69, 9.17) is 0 Å². The van der Waals surface area contributed by atoms with Gasteiger partial charge in [-0.3, -0.25) is 0 Å². The third-order valence-electron chi connectivity index (χ3n) is 3.30. The summed E-state index contributed by atoms with van der Waals surface area (Å²) in [5, 5.41) is 13.2. The Balaban J connectivity index is 2.46. The van der Waals surface area contributed by atoms with Crippen LogP contribution in [0.2, 0.25) is 0 Å². The molecule has 0 aliphatic carbocycles. The lowest BCUT2D eigenvalue weighted by Gasteiger charge is -2.23. The number of aryl methyl sites for hydroxylation is 1. The molecule has 0 saturated carbocycles. The molecule has 1 rings (SSSR count). The second-order valence-electron chi connectivity index (χ2n) is 4.90. The molecule has 3 heteroatoms. The van der Waals surface area contributed by atoms with Crippen molar-refractivity contribution in [2.45, 2.75) is 40.3 Å². The van der Waals surface area contributed by atoms with E-state index in [0.29, 0.717) is 11.8 Å². The average Bonchev–Trinajstić information content (AvgIpc) is 2.37. The molecular weight excluding hydrogens is 224 g/mol. The van der Waals surface area contributed by atoms with Crippen LogP contribution in [-0.2, 0) is 6.54 Å². The molecule has 2 N–H and O–H groups in total. The Bertz CT molecular complexity index is 362. The van der Waals surface area contributed by atoms with Crippen LogP contribution in [0.3, 0.4) is 0 Å². The zero-order chi connectivity index (χ0) is 13.5. The zero-order valence-corrected chi connectivity index (χ0v) is 12.0. The lowest BCUT2D eigenvalue weighted by atomic mass is 10.1. The Kier molecular flexibility index (Phi) is 6.16. The smallest absolute Gasteiger partial charge is 0.120 e. The Morgan fingerprint density at radius 1 is 1.28 bits per heavy atom. The van der Waals surface area contributed by atoms with Gasteiger partial charge in [0.2, 0.25) is 0 Å². The van der Waals surface area contributed by atoms with E-state index in [0.717, 1.165) is 31.7 Å². The first-order valence-corrected chi connectivity index (χ1v) is 6.81. The Labute approximate surface area is 111 Å². The zero-order valence-electron chi connectivity index (χ0n) is 12.0. The summed E-state index contributed by atoms with van der Waals surface area (Å²) in [7, 11) is 0. The molecule has 0 bridgehead atoms. The predicted octanol–water partition coefficient (Wildman–Crippen LogP) is 2.52. The summed E-state index contributed by atoms with van der Waals surface area (Å²) in [5.41, 5.74) is 2.15. The van der Waals surface area contributed by atoms with Gasteiger partial charge >= 0.3 is 0 Å². The predicted molar refractivity (Wildman–Crippen MR) is 76.9 cm³/mol. The fraction of sp³-hybridized carbons (Fsp3) is 0.600. The van der Waals surface area contributed by atoms with Gasteiger partial charge < -0.3 is 15.3 Å². The first-order chi connectivity index (χ1) is 8.56. The molecule has 0 saturated heterocycles. The molecule has 0 radical (unpaired) electrons. The molecule has 0 amide bonds. The van der Waals surface area contributed by atoms with Gasteiger partial charge in [-0.05, 0) is 33.0 Å². The number of aromatic hydroxyl groups is 1. The Hall–Kier alpha value is -1.06. The molecule has 1 aromatic carbocycles. The molecule has 0 spiro atoms. The first kappa shape index (κ1) is 15.0. The lowest BCUT2D eigenvalue weighted by molar-refractivity contribution is 0.270. The summed E-state index contributed by atoms with van der Waals surface area (Å²) in [6, 6.07) is 6.15. The van der Waals surface area contributed by atoms with Gasteiger partial charge in [-0.15, -0.1) is 0 Å². The highest BCUT2D eigenvalue weighted by Gasteiger charge is 2.08. The van der Waals surface area contributed by atoms with Crippen molar-refractivity contribution in [3.05, 3.63) is 29.3 Å². The van der Waals surface area contributed by atoms with Crippen LogP contribution in [-0.4, -0.2) is 35.7 Å². The number of phenolic OH excluding ortho intramolecular Hbond substituents is 1. The molecule has 0 aromatic heterocycles. The van der Waals surface area contributed by atoms with Gasteiger partial charge in [-0.2, -0.15) is 0 Å². The summed E-state index contributed by atoms with van der Waals surface area (Å²) in [4.78, 5) is 2.40. The topological polar surface area (TPSA) is 35.5 Å². The van der Waals surface area contributed by atoms with Crippen LogP contribution in [0.5, 0.6) is 5.75 Å². The van der Waals surface area contributed by atoms with Crippen molar-refractivity contribution in [1.29, 1.82) is 0 Å². The molecule has 1 atom stereocenters. The number of likely N-dealkylation sites (N-methyl/N-ethyl adjacent to an activating group) is 1. The SMILES string of the molecule is CCN(CC)CC(C)NCc1cc(C)ccc1O. The van der Waals surface area contributed by atoms with E-state index < -0.39 is 0 Å². The highest BCUT2D eigenvalue weighted by atomic mass is 16.3. The molecule has 1 aromatic rings. The minimum Gasteiger partial charge on any atom is -0.508 e. The van der Waals surface area contributed by atoms with Gasteiger partial charge in [0.25, 0.3) is 0 Å². The van der Waals surface area contributed by atoms with E-state index in [2.05, 4.69) is 31.0 Å². The van der Waals surface area contributed by atoms with Gasteiger partial charge in [0.1, 0.15) is 5.75 Å². The summed E-state index contributed by atoms with van der Waals surface area (Å²) in [6.07, 6.45) is 0. The molecule has 0 heterocycles. The fourth-order valence-electron chi connectivity index (χ4n) is 2.07. The maximum Gasteiger partial charge on any atom is 0.120 e. The summed E-state index contributed by atoms with van der Waals surface area (Å²) < 4.78 is 0. The van der Waals surface area contributed by atoms with Gasteiger partial charge in [0.15, 0.2) is 0 Å². The van der Waals surface area contributed by atoms with Crippen LogP contribution in [0.15, 0.2) is 18.2 Å². The number of benzene rings is 1. The van der Waals surface area contributed by atoms with Gasteiger partial charge in [0.05, 0.1) is 0 Å². The second-order valence-corrected chi connectivity index (χ2v) is 4.90. The lowest BCUT2D eigenvalue weighted by Crippen LogP contribution is -2.38. The molecule has 102 valence electrons. The molecule has 3 nitrogen and oxygen atoms in total. The Morgan fingerprint density at radius 2 is 1.94 bits per heavy atom. The number of phenols is 1. The number of nitrogens with one attached hydrogen (secondary N) is 1. The standard InChI is InChI=1S/C15H26N2O/c1-5-17(6-2)11-13(4)16-10-14-9-12(3)7-8-15(14)18/h7-9,13,16,18H,5-6,10-11H2,1-4H3. The maximum absolute atomic E-state index is 9.77. The van der Waals surface area contributed by atoms with Crippen LogP contribution in [0, 0.1) is 6.92 Å². The Morgan fingerprint density at radius 3 is 2.56 bits per heavy atom. The minimum atomic E-state index is 0.378. The van der Waals surface area contributed by atoms with Crippen molar-refractivity contribution >= 4 is 0 Å². The van der Waals surface area contributed by atoms with Gasteiger partial charge in [-0.25, -0.2) is 0 Å². The van der Waals surface area contributed by atoms with Gasteiger partial charge in [-0.1, -0.05) is 31.5 Å². The molecule has 0 fully saturated rings. The van der Waals surface area contributed by atoms with E-state index in [1.54, 1.807) is 6.07 Å². The molecular formula is C15H26N2O. The molecule has 1 unspecified atom stereocenters. The quantitative estimate of drug-likeness (QED) is 0.780. The summed E-state index contributed by atoms with van der Waals surface area (Å²) >= 11 is 0. The van der Waals surface area contributed by atoms with Crippen LogP contribution in [0.25, 0.3) is 0 Å². The number of nitrogens with zero attached hydrogens (tertiary/aromatic N) is 1. The van der Waals surface area contributed by atoms with Crippen molar-refractivity contribution in [3.8, 4) is 5.75 Å². The molecule has 0 aliphatic heterocycles. The summed E-state index contributed by atoms with van der Waals surface area (Å²) in [5.74, 6) is 0.378. The third kappa shape index (κ3) is 4.67. The van der Waals surface area contributed by atoms with E-state index in [1.165, 1.54) is 5.56 Å². The van der Waals surface area contributed by atoms with Crippen LogP contribution >= 0.6 is 0 Å². The maximum atomic E-state index is 9.77. The van der Waals surface area contributed by atoms with E-state index in [1.807, 2.05) is 19.1 Å². The highest BCUT2D eigenvalue weighted by Crippen LogP contribution is 2.17. The second kappa shape index (κ2) is 7.39. The van der Waals surface area contributed by atoms with Crippen molar-refractivity contribution in [3.63, 3.8) is 0 Å². The number of hydrogen-bond donors (Lipinski definition) is 2. The van der Waals surface area contributed by atoms with Gasteiger partial charge in [0, 0.05) is 24.7 Å². The fourth-order valence-corrected chi connectivity index (χ4v) is 2.07. The van der Waals surface area contributed by atoms with Crippen LogP contribution < -0.4 is 5.32 Å². The molecule has 0 aliphatic rings. The summed E-state index contributed by atoms with van der Waals surface area (Å²) in [6.45, 7) is 12.5. The van der Waals surface area contributed by atoms with E-state index >= 15 is 0 Å². The minimum absolute atomic E-state index is 0.378. The largest absolute Gasteiger partial charge is 0.508 e. The highest BCUT2D eigenvalue weighted by molar-refractivity contribution is 5.35. The third-order valence-corrected chi connectivity index (χ3v) is 3.30. The normalized spacial score (nSPS) is 12.9. The van der Waals surface area contributed by atoms with Crippen molar-refractivity contribution in [2.24, 2.45) is 0 Å².